The minimum absolute atomic E-state index is 1.12. The second kappa shape index (κ2) is 4.75. The summed E-state index contributed by atoms with van der Waals surface area (Å²) < 4.78 is 0. The Bertz CT molecular complexity index is 425. The monoisotopic (exact) mass is 233 g/mol. The van der Waals surface area contributed by atoms with Gasteiger partial charge in [0.25, 0.3) is 0 Å². The van der Waals surface area contributed by atoms with E-state index in [1.807, 2.05) is 24.3 Å². The van der Waals surface area contributed by atoms with Gasteiger partial charge in [0.1, 0.15) is 0 Å². The Morgan fingerprint density at radius 2 is 1.07 bits per heavy atom. The summed E-state index contributed by atoms with van der Waals surface area (Å²) in [5.74, 6) is 0. The number of anilines is 2. The molecule has 0 heterocycles. The Labute approximate surface area is 94.7 Å². The molecule has 2 rings (SSSR count). The lowest BCUT2D eigenvalue weighted by Gasteiger charge is -2.10. The van der Waals surface area contributed by atoms with Gasteiger partial charge in [-0.3, -0.25) is 0 Å². The van der Waals surface area contributed by atoms with Crippen molar-refractivity contribution in [2.75, 3.05) is 5.32 Å². The zero-order chi connectivity index (χ0) is 10.7. The predicted molar refractivity (Wildman–Crippen MR) is 74.9 cm³/mol. The van der Waals surface area contributed by atoms with Crippen LogP contribution in [0, 0.1) is 0 Å². The van der Waals surface area contributed by atoms with Crippen LogP contribution in [0.5, 0.6) is 0 Å². The first kappa shape index (κ1) is 10.6. The van der Waals surface area contributed by atoms with Gasteiger partial charge >= 0.3 is 0 Å². The maximum atomic E-state index is 3.40. The van der Waals surface area contributed by atoms with Crippen LogP contribution in [-0.2, 0) is 0 Å². The molecule has 1 nitrogen and oxygen atoms in total. The average Bonchev–Trinajstić information content (AvgIpc) is 2.24. The molecule has 0 aliphatic rings. The van der Waals surface area contributed by atoms with Gasteiger partial charge in [-0.1, -0.05) is 36.4 Å². The summed E-state index contributed by atoms with van der Waals surface area (Å²) in [5, 5.41) is 5.74. The molecular formula is C12H13NP2. The number of nitrogens with one attached hydrogen (secondary N) is 1. The van der Waals surface area contributed by atoms with Gasteiger partial charge in [-0.2, -0.15) is 0 Å². The van der Waals surface area contributed by atoms with E-state index < -0.39 is 0 Å². The number of para-hydroxylation sites is 2. The van der Waals surface area contributed by atoms with Gasteiger partial charge < -0.3 is 5.32 Å². The quantitative estimate of drug-likeness (QED) is 0.785. The summed E-state index contributed by atoms with van der Waals surface area (Å²) in [5.41, 5.74) is 2.25. The third-order valence-electron chi connectivity index (χ3n) is 2.19. The molecule has 2 atom stereocenters. The van der Waals surface area contributed by atoms with E-state index in [0.29, 0.717) is 0 Å². The van der Waals surface area contributed by atoms with Crippen molar-refractivity contribution in [1.82, 2.24) is 0 Å². The van der Waals surface area contributed by atoms with Gasteiger partial charge in [0.05, 0.1) is 0 Å². The Morgan fingerprint density at radius 1 is 0.667 bits per heavy atom. The first-order valence-electron chi connectivity index (χ1n) is 4.73. The molecule has 0 fully saturated rings. The van der Waals surface area contributed by atoms with Crippen LogP contribution in [0.3, 0.4) is 0 Å². The highest BCUT2D eigenvalue weighted by Gasteiger charge is 1.99. The van der Waals surface area contributed by atoms with Gasteiger partial charge in [-0.25, -0.2) is 0 Å². The molecule has 15 heavy (non-hydrogen) atoms. The first-order valence-corrected chi connectivity index (χ1v) is 5.89. The van der Waals surface area contributed by atoms with Crippen molar-refractivity contribution in [3.05, 3.63) is 48.5 Å². The molecule has 2 unspecified atom stereocenters. The van der Waals surface area contributed by atoms with Crippen LogP contribution in [0.1, 0.15) is 0 Å². The third kappa shape index (κ3) is 2.56. The van der Waals surface area contributed by atoms with E-state index in [-0.39, 0.29) is 0 Å². The fourth-order valence-corrected chi connectivity index (χ4v) is 1.93. The molecule has 2 aromatic rings. The van der Waals surface area contributed by atoms with Crippen molar-refractivity contribution in [3.8, 4) is 0 Å². The van der Waals surface area contributed by atoms with E-state index in [1.165, 1.54) is 10.6 Å². The molecule has 0 saturated carbocycles. The highest BCUT2D eigenvalue weighted by Crippen LogP contribution is 2.15. The fourth-order valence-electron chi connectivity index (χ4n) is 1.37. The smallest absolute Gasteiger partial charge is 0.0457 e. The van der Waals surface area contributed by atoms with Gasteiger partial charge in [0.2, 0.25) is 0 Å². The predicted octanol–water partition coefficient (Wildman–Crippen LogP) is 2.43. The SMILES string of the molecule is Pc1ccccc1Nc1ccccc1P. The van der Waals surface area contributed by atoms with Crippen LogP contribution in [0.15, 0.2) is 48.5 Å². The van der Waals surface area contributed by atoms with E-state index in [0.717, 1.165) is 11.4 Å². The Morgan fingerprint density at radius 3 is 1.47 bits per heavy atom. The lowest BCUT2D eigenvalue weighted by molar-refractivity contribution is 1.60. The molecule has 0 radical (unpaired) electrons. The van der Waals surface area contributed by atoms with Crippen molar-refractivity contribution in [2.45, 2.75) is 0 Å². The molecule has 2 aromatic carbocycles. The minimum Gasteiger partial charge on any atom is -0.355 e. The molecule has 0 bridgehead atoms. The van der Waals surface area contributed by atoms with Gasteiger partial charge in [0, 0.05) is 11.4 Å². The maximum Gasteiger partial charge on any atom is 0.0457 e. The highest BCUT2D eigenvalue weighted by atomic mass is 31.0. The third-order valence-corrected chi connectivity index (χ3v) is 3.20. The largest absolute Gasteiger partial charge is 0.355 e. The second-order valence-corrected chi connectivity index (χ2v) is 4.54. The fraction of sp³-hybridized carbons (Fsp3) is 0. The van der Waals surface area contributed by atoms with Crippen molar-refractivity contribution >= 4 is 40.5 Å². The van der Waals surface area contributed by atoms with Crippen LogP contribution < -0.4 is 15.9 Å². The van der Waals surface area contributed by atoms with Gasteiger partial charge in [0.15, 0.2) is 0 Å². The summed E-state index contributed by atoms with van der Waals surface area (Å²) in [6.07, 6.45) is 0. The number of hydrogen-bond donors (Lipinski definition) is 1. The van der Waals surface area contributed by atoms with Crippen LogP contribution in [0.2, 0.25) is 0 Å². The minimum atomic E-state index is 1.12. The maximum absolute atomic E-state index is 3.40. The summed E-state index contributed by atoms with van der Waals surface area (Å²) >= 11 is 0. The van der Waals surface area contributed by atoms with Crippen molar-refractivity contribution in [1.29, 1.82) is 0 Å². The summed E-state index contributed by atoms with van der Waals surface area (Å²) in [4.78, 5) is 0. The van der Waals surface area contributed by atoms with Crippen molar-refractivity contribution in [3.63, 3.8) is 0 Å². The first-order chi connectivity index (χ1) is 7.27. The Balaban J connectivity index is 2.30. The van der Waals surface area contributed by atoms with Crippen molar-refractivity contribution in [2.24, 2.45) is 0 Å². The van der Waals surface area contributed by atoms with E-state index >= 15 is 0 Å². The number of rotatable bonds is 2. The van der Waals surface area contributed by atoms with Crippen LogP contribution >= 0.6 is 18.5 Å². The average molecular weight is 233 g/mol. The molecule has 0 saturated heterocycles. The van der Waals surface area contributed by atoms with Gasteiger partial charge in [-0.15, -0.1) is 18.5 Å². The molecule has 3 heteroatoms. The molecular weight excluding hydrogens is 220 g/mol. The normalized spacial score (nSPS) is 10.0. The molecule has 76 valence electrons. The molecule has 0 aromatic heterocycles. The van der Waals surface area contributed by atoms with Crippen LogP contribution in [0.4, 0.5) is 11.4 Å². The molecule has 1 N–H and O–H groups in total. The zero-order valence-electron chi connectivity index (χ0n) is 8.27. The zero-order valence-corrected chi connectivity index (χ0v) is 10.6. The number of hydrogen-bond acceptors (Lipinski definition) is 1. The second-order valence-electron chi connectivity index (χ2n) is 3.30. The van der Waals surface area contributed by atoms with Gasteiger partial charge in [-0.05, 0) is 22.7 Å². The lowest BCUT2D eigenvalue weighted by atomic mass is 10.2. The van der Waals surface area contributed by atoms with Crippen LogP contribution in [-0.4, -0.2) is 0 Å². The summed E-state index contributed by atoms with van der Waals surface area (Å²) in [7, 11) is 5.46. The Hall–Kier alpha value is -0.900. The standard InChI is InChI=1S/C12H13NP2/c14-11-7-3-1-5-9(11)13-10-6-2-4-8-12(10)15/h1-8,13H,14-15H2. The molecule has 0 aliphatic heterocycles. The van der Waals surface area contributed by atoms with E-state index in [1.54, 1.807) is 0 Å². The van der Waals surface area contributed by atoms with E-state index in [2.05, 4.69) is 48.1 Å². The lowest BCUT2D eigenvalue weighted by Crippen LogP contribution is -2.06. The number of benzene rings is 2. The topological polar surface area (TPSA) is 12.0 Å². The molecule has 0 spiro atoms. The Kier molecular flexibility index (Phi) is 3.36. The highest BCUT2D eigenvalue weighted by molar-refractivity contribution is 7.28. The summed E-state index contributed by atoms with van der Waals surface area (Å²) in [6.45, 7) is 0. The van der Waals surface area contributed by atoms with E-state index in [9.17, 15) is 0 Å². The molecule has 0 aliphatic carbocycles. The molecule has 0 amide bonds. The van der Waals surface area contributed by atoms with Crippen LogP contribution in [0.25, 0.3) is 0 Å². The van der Waals surface area contributed by atoms with Crippen molar-refractivity contribution < 1.29 is 0 Å². The van der Waals surface area contributed by atoms with E-state index in [4.69, 9.17) is 0 Å². The summed E-state index contributed by atoms with van der Waals surface area (Å²) in [6, 6.07) is 16.4.